The van der Waals surface area contributed by atoms with Crippen molar-refractivity contribution in [2.24, 2.45) is 0 Å². The first-order valence-electron chi connectivity index (χ1n) is 5.15. The number of hydrogen-bond acceptors (Lipinski definition) is 2. The van der Waals surface area contributed by atoms with E-state index in [1.807, 2.05) is 42.3 Å². The van der Waals surface area contributed by atoms with E-state index in [1.165, 1.54) is 0 Å². The Bertz CT molecular complexity index is 656. The summed E-state index contributed by atoms with van der Waals surface area (Å²) in [4.78, 5) is 3.39. The molecule has 0 amide bonds. The lowest BCUT2D eigenvalue weighted by Crippen LogP contribution is -2.35. The number of thiocarbonyl (C=S) groups is 2. The molecule has 0 aliphatic carbocycles. The topological polar surface area (TPSA) is 3.24 Å². The Balaban J connectivity index is 2.54. The molecule has 3 rings (SSSR count). The first-order valence-corrected chi connectivity index (χ1v) is 6.34. The van der Waals surface area contributed by atoms with Crippen molar-refractivity contribution >= 4 is 56.8 Å². The molecule has 2 aromatic rings. The van der Waals surface area contributed by atoms with Gasteiger partial charge in [-0.25, -0.2) is 0 Å². The van der Waals surface area contributed by atoms with Gasteiger partial charge in [0, 0.05) is 34.0 Å². The van der Waals surface area contributed by atoms with Gasteiger partial charge in [-0.05, 0) is 12.1 Å². The third-order valence-corrected chi connectivity index (χ3v) is 4.37. The average Bonchev–Trinajstić information content (AvgIpc) is 2.35. The van der Waals surface area contributed by atoms with E-state index >= 15 is 0 Å². The Labute approximate surface area is 115 Å². The minimum atomic E-state index is 0.737. The number of hydrogen-bond donors (Lipinski definition) is 0. The molecule has 4 heteroatoms. The van der Waals surface area contributed by atoms with Crippen molar-refractivity contribution in [2.45, 2.75) is 0 Å². The van der Waals surface area contributed by atoms with Gasteiger partial charge in [-0.2, -0.15) is 0 Å². The van der Waals surface area contributed by atoms with Gasteiger partial charge in [0.15, 0.2) is 0 Å². The molecule has 1 heterocycles. The van der Waals surface area contributed by atoms with Crippen molar-refractivity contribution in [1.82, 2.24) is 4.90 Å². The SMILES string of the molecule is CN1C(=S)c2cccc3c(Cl)ccc(c23)C1=S. The number of nitrogens with zero attached hydrogens (tertiary/aromatic N) is 1. The minimum absolute atomic E-state index is 0.737. The van der Waals surface area contributed by atoms with Crippen LogP contribution in [0.1, 0.15) is 11.1 Å². The van der Waals surface area contributed by atoms with Crippen molar-refractivity contribution in [3.05, 3.63) is 46.5 Å². The number of rotatable bonds is 0. The van der Waals surface area contributed by atoms with Gasteiger partial charge in [-0.3, -0.25) is 0 Å². The van der Waals surface area contributed by atoms with Crippen LogP contribution >= 0.6 is 36.0 Å². The van der Waals surface area contributed by atoms with E-state index in [9.17, 15) is 0 Å². The second-order valence-electron chi connectivity index (χ2n) is 3.99. The summed E-state index contributed by atoms with van der Waals surface area (Å²) in [5.41, 5.74) is 2.07. The van der Waals surface area contributed by atoms with Gasteiger partial charge in [-0.1, -0.05) is 54.2 Å². The van der Waals surface area contributed by atoms with Gasteiger partial charge >= 0.3 is 0 Å². The fraction of sp³-hybridized carbons (Fsp3) is 0.0769. The monoisotopic (exact) mass is 277 g/mol. The highest BCUT2D eigenvalue weighted by atomic mass is 35.5. The maximum Gasteiger partial charge on any atom is 0.114 e. The Morgan fingerprint density at radius 3 is 2.35 bits per heavy atom. The average molecular weight is 278 g/mol. The van der Waals surface area contributed by atoms with E-state index in [4.69, 9.17) is 36.0 Å². The van der Waals surface area contributed by atoms with Gasteiger partial charge in [0.05, 0.1) is 0 Å². The van der Waals surface area contributed by atoms with Crippen LogP contribution in [0.5, 0.6) is 0 Å². The normalized spacial score (nSPS) is 14.6. The molecule has 84 valence electrons. The summed E-state index contributed by atoms with van der Waals surface area (Å²) in [7, 11) is 1.90. The lowest BCUT2D eigenvalue weighted by molar-refractivity contribution is 0.785. The summed E-state index contributed by atoms with van der Waals surface area (Å²) < 4.78 is 0. The Morgan fingerprint density at radius 1 is 1.00 bits per heavy atom. The highest BCUT2D eigenvalue weighted by Crippen LogP contribution is 2.34. The second-order valence-corrected chi connectivity index (χ2v) is 5.17. The molecule has 1 aliphatic rings. The molecule has 0 atom stereocenters. The highest BCUT2D eigenvalue weighted by molar-refractivity contribution is 7.82. The molecule has 1 nitrogen and oxygen atoms in total. The molecule has 0 spiro atoms. The summed E-state index contributed by atoms with van der Waals surface area (Å²) in [5, 5.41) is 2.83. The van der Waals surface area contributed by atoms with Crippen LogP contribution in [-0.2, 0) is 0 Å². The number of benzene rings is 2. The molecule has 0 aromatic heterocycles. The van der Waals surface area contributed by atoms with Gasteiger partial charge in [0.1, 0.15) is 9.98 Å². The third-order valence-electron chi connectivity index (χ3n) is 3.06. The molecule has 0 fully saturated rings. The van der Waals surface area contributed by atoms with E-state index in [0.717, 1.165) is 36.9 Å². The van der Waals surface area contributed by atoms with Crippen LogP contribution in [0, 0.1) is 0 Å². The van der Waals surface area contributed by atoms with Crippen LogP contribution in [0.3, 0.4) is 0 Å². The smallest absolute Gasteiger partial charge is 0.114 e. The lowest BCUT2D eigenvalue weighted by Gasteiger charge is -2.28. The Morgan fingerprint density at radius 2 is 1.65 bits per heavy atom. The van der Waals surface area contributed by atoms with Crippen LogP contribution in [0.25, 0.3) is 10.8 Å². The third kappa shape index (κ3) is 1.43. The van der Waals surface area contributed by atoms with E-state index in [1.54, 1.807) is 0 Å². The van der Waals surface area contributed by atoms with Crippen molar-refractivity contribution in [3.8, 4) is 0 Å². The summed E-state index contributed by atoms with van der Waals surface area (Å²) in [6.07, 6.45) is 0. The van der Waals surface area contributed by atoms with Crippen LogP contribution in [0.15, 0.2) is 30.3 Å². The van der Waals surface area contributed by atoms with Crippen LogP contribution in [0.2, 0.25) is 5.02 Å². The predicted molar refractivity (Wildman–Crippen MR) is 80.1 cm³/mol. The maximum absolute atomic E-state index is 6.21. The molecule has 1 aliphatic heterocycles. The fourth-order valence-electron chi connectivity index (χ4n) is 2.18. The largest absolute Gasteiger partial charge is 0.326 e. The van der Waals surface area contributed by atoms with E-state index in [-0.39, 0.29) is 0 Å². The quantitative estimate of drug-likeness (QED) is 0.675. The standard InChI is InChI=1S/C13H8ClNS2/c1-15-12(16)8-4-2-3-7-10(14)6-5-9(11(7)8)13(15)17/h2-6H,1H3. The summed E-state index contributed by atoms with van der Waals surface area (Å²) in [6, 6.07) is 9.85. The van der Waals surface area contributed by atoms with E-state index < -0.39 is 0 Å². The first-order chi connectivity index (χ1) is 8.11. The van der Waals surface area contributed by atoms with Gasteiger partial charge in [-0.15, -0.1) is 0 Å². The van der Waals surface area contributed by atoms with E-state index in [0.29, 0.717) is 0 Å². The van der Waals surface area contributed by atoms with E-state index in [2.05, 4.69) is 0 Å². The maximum atomic E-state index is 6.21. The second kappa shape index (κ2) is 3.73. The zero-order chi connectivity index (χ0) is 12.2. The molecule has 0 unspecified atom stereocenters. The van der Waals surface area contributed by atoms with Crippen molar-refractivity contribution in [1.29, 1.82) is 0 Å². The molecule has 17 heavy (non-hydrogen) atoms. The molecule has 0 radical (unpaired) electrons. The molecular formula is C13H8ClNS2. The van der Waals surface area contributed by atoms with Gasteiger partial charge in [0.25, 0.3) is 0 Å². The van der Waals surface area contributed by atoms with Crippen molar-refractivity contribution < 1.29 is 0 Å². The summed E-state index contributed by atoms with van der Waals surface area (Å²) >= 11 is 17.1. The molecule has 0 saturated carbocycles. The predicted octanol–water partition coefficient (Wildman–Crippen LogP) is 3.79. The zero-order valence-corrected chi connectivity index (χ0v) is 11.4. The van der Waals surface area contributed by atoms with Gasteiger partial charge < -0.3 is 4.90 Å². The van der Waals surface area contributed by atoms with Crippen molar-refractivity contribution in [2.75, 3.05) is 7.05 Å². The van der Waals surface area contributed by atoms with Gasteiger partial charge in [0.2, 0.25) is 0 Å². The molecule has 0 N–H and O–H groups in total. The first kappa shape index (κ1) is 11.1. The molecule has 0 bridgehead atoms. The van der Waals surface area contributed by atoms with Crippen LogP contribution < -0.4 is 0 Å². The molecule has 2 aromatic carbocycles. The molecule has 0 saturated heterocycles. The Kier molecular flexibility index (Phi) is 2.43. The molecular weight excluding hydrogens is 270 g/mol. The van der Waals surface area contributed by atoms with Crippen molar-refractivity contribution in [3.63, 3.8) is 0 Å². The highest BCUT2D eigenvalue weighted by Gasteiger charge is 2.24. The lowest BCUT2D eigenvalue weighted by atomic mass is 9.95. The number of halogens is 1. The zero-order valence-electron chi connectivity index (χ0n) is 9.03. The summed E-state index contributed by atoms with van der Waals surface area (Å²) in [5.74, 6) is 0. The summed E-state index contributed by atoms with van der Waals surface area (Å²) in [6.45, 7) is 0. The Hall–Kier alpha value is -1.03. The minimum Gasteiger partial charge on any atom is -0.326 e. The fourth-order valence-corrected chi connectivity index (χ4v) is 2.98. The van der Waals surface area contributed by atoms with Crippen LogP contribution in [0.4, 0.5) is 0 Å². The van der Waals surface area contributed by atoms with Crippen LogP contribution in [-0.4, -0.2) is 21.9 Å².